The molecule has 1 fully saturated rings. The summed E-state index contributed by atoms with van der Waals surface area (Å²) in [7, 11) is 4.90. The molecule has 1 atom stereocenters. The molecule has 6 nitrogen and oxygen atoms in total. The van der Waals surface area contributed by atoms with E-state index >= 15 is 0 Å². The molecule has 154 valence electrons. The Kier molecular flexibility index (Phi) is 7.77. The van der Waals surface area contributed by atoms with Crippen LogP contribution in [-0.4, -0.2) is 75.1 Å². The molecule has 6 heteroatoms. The van der Waals surface area contributed by atoms with Gasteiger partial charge < -0.3 is 19.3 Å². The van der Waals surface area contributed by atoms with Gasteiger partial charge in [-0.15, -0.1) is 0 Å². The summed E-state index contributed by atoms with van der Waals surface area (Å²) in [5.74, 6) is 1.99. The monoisotopic (exact) mass is 380 g/mol. The summed E-state index contributed by atoms with van der Waals surface area (Å²) in [6.45, 7) is 11.9. The fraction of sp³-hybridized carbons (Fsp3) is 0.714. The Labute approximate surface area is 164 Å². The zero-order valence-corrected chi connectivity index (χ0v) is 17.7. The molecule has 0 radical (unpaired) electrons. The SMILES string of the molecule is COc1cc(CN2CCN(CC(C)(C)C)[C@@H](CCO)C2)cc(OC)c1OC. The number of rotatable bonds is 8. The average Bonchev–Trinajstić information content (AvgIpc) is 2.62. The molecule has 2 rings (SSSR count). The smallest absolute Gasteiger partial charge is 0.203 e. The second-order valence-electron chi connectivity index (χ2n) is 8.47. The minimum absolute atomic E-state index is 0.226. The lowest BCUT2D eigenvalue weighted by Gasteiger charge is -2.44. The van der Waals surface area contributed by atoms with E-state index in [2.05, 4.69) is 30.6 Å². The largest absolute Gasteiger partial charge is 0.493 e. The first-order valence-corrected chi connectivity index (χ1v) is 9.67. The van der Waals surface area contributed by atoms with Crippen LogP contribution in [0.2, 0.25) is 0 Å². The van der Waals surface area contributed by atoms with Gasteiger partial charge in [0.2, 0.25) is 5.75 Å². The third-order valence-corrected chi connectivity index (χ3v) is 4.96. The van der Waals surface area contributed by atoms with Crippen LogP contribution >= 0.6 is 0 Å². The van der Waals surface area contributed by atoms with Crippen LogP contribution in [0.15, 0.2) is 12.1 Å². The Balaban J connectivity index is 2.12. The van der Waals surface area contributed by atoms with Crippen molar-refractivity contribution >= 4 is 0 Å². The van der Waals surface area contributed by atoms with E-state index in [1.165, 1.54) is 0 Å². The van der Waals surface area contributed by atoms with E-state index in [0.717, 1.165) is 44.7 Å². The summed E-state index contributed by atoms with van der Waals surface area (Å²) in [4.78, 5) is 4.97. The maximum atomic E-state index is 9.51. The van der Waals surface area contributed by atoms with E-state index in [9.17, 15) is 5.11 Å². The number of nitrogens with zero attached hydrogens (tertiary/aromatic N) is 2. The van der Waals surface area contributed by atoms with Gasteiger partial charge in [0.1, 0.15) is 0 Å². The first kappa shape index (κ1) is 21.8. The van der Waals surface area contributed by atoms with Crippen LogP contribution in [0.3, 0.4) is 0 Å². The Hall–Kier alpha value is -1.50. The van der Waals surface area contributed by atoms with Gasteiger partial charge in [-0.05, 0) is 29.5 Å². The summed E-state index contributed by atoms with van der Waals surface area (Å²) in [5, 5.41) is 9.51. The lowest BCUT2D eigenvalue weighted by molar-refractivity contribution is 0.0339. The molecule has 0 saturated carbocycles. The highest BCUT2D eigenvalue weighted by atomic mass is 16.5. The van der Waals surface area contributed by atoms with E-state index in [4.69, 9.17) is 14.2 Å². The second kappa shape index (κ2) is 9.62. The molecular weight excluding hydrogens is 344 g/mol. The van der Waals surface area contributed by atoms with Gasteiger partial charge in [-0.1, -0.05) is 20.8 Å². The van der Waals surface area contributed by atoms with Crippen LogP contribution in [-0.2, 0) is 6.54 Å². The fourth-order valence-corrected chi connectivity index (χ4v) is 3.83. The number of aliphatic hydroxyl groups excluding tert-OH is 1. The van der Waals surface area contributed by atoms with Crippen molar-refractivity contribution in [2.24, 2.45) is 5.41 Å². The standard InChI is InChI=1S/C21H36N2O4/c1-21(2,3)15-23-9-8-22(14-17(23)7-10-24)13-16-11-18(25-4)20(27-6)19(12-16)26-5/h11-12,17,24H,7-10,13-15H2,1-6H3/t17-/m0/s1. The third kappa shape index (κ3) is 5.99. The highest BCUT2D eigenvalue weighted by molar-refractivity contribution is 5.53. The Bertz CT molecular complexity index is 575. The maximum absolute atomic E-state index is 9.51. The Morgan fingerprint density at radius 3 is 2.15 bits per heavy atom. The highest BCUT2D eigenvalue weighted by Gasteiger charge is 2.29. The van der Waals surface area contributed by atoms with Crippen molar-refractivity contribution in [2.75, 3.05) is 54.1 Å². The third-order valence-electron chi connectivity index (χ3n) is 4.96. The van der Waals surface area contributed by atoms with E-state index in [-0.39, 0.29) is 12.0 Å². The van der Waals surface area contributed by atoms with Crippen LogP contribution in [0.5, 0.6) is 17.2 Å². The number of methoxy groups -OCH3 is 3. The molecule has 1 aromatic carbocycles. The molecule has 0 amide bonds. The van der Waals surface area contributed by atoms with E-state index in [1.54, 1.807) is 21.3 Å². The fourth-order valence-electron chi connectivity index (χ4n) is 3.83. The van der Waals surface area contributed by atoms with Crippen molar-refractivity contribution in [3.05, 3.63) is 17.7 Å². The zero-order valence-electron chi connectivity index (χ0n) is 17.7. The normalized spacial score (nSPS) is 19.1. The van der Waals surface area contributed by atoms with Crippen LogP contribution in [0, 0.1) is 5.41 Å². The zero-order chi connectivity index (χ0) is 20.0. The number of benzene rings is 1. The first-order valence-electron chi connectivity index (χ1n) is 9.67. The topological polar surface area (TPSA) is 54.4 Å². The van der Waals surface area contributed by atoms with E-state index in [1.807, 2.05) is 12.1 Å². The molecule has 0 bridgehead atoms. The molecular formula is C21H36N2O4. The van der Waals surface area contributed by atoms with Crippen LogP contribution in [0.4, 0.5) is 0 Å². The maximum Gasteiger partial charge on any atom is 0.203 e. The van der Waals surface area contributed by atoms with Crippen molar-refractivity contribution in [2.45, 2.75) is 39.8 Å². The van der Waals surface area contributed by atoms with Crippen molar-refractivity contribution in [1.29, 1.82) is 0 Å². The van der Waals surface area contributed by atoms with Gasteiger partial charge in [0, 0.05) is 45.4 Å². The summed E-state index contributed by atoms with van der Waals surface area (Å²) in [6, 6.07) is 4.42. The lowest BCUT2D eigenvalue weighted by Crippen LogP contribution is -2.54. The Morgan fingerprint density at radius 2 is 1.67 bits per heavy atom. The van der Waals surface area contributed by atoms with Crippen molar-refractivity contribution in [3.63, 3.8) is 0 Å². The van der Waals surface area contributed by atoms with Gasteiger partial charge >= 0.3 is 0 Å². The molecule has 1 heterocycles. The van der Waals surface area contributed by atoms with Gasteiger partial charge in [-0.25, -0.2) is 0 Å². The van der Waals surface area contributed by atoms with Gasteiger partial charge in [0.05, 0.1) is 21.3 Å². The predicted molar refractivity (Wildman–Crippen MR) is 108 cm³/mol. The average molecular weight is 381 g/mol. The summed E-state index contributed by atoms with van der Waals surface area (Å²) in [5.41, 5.74) is 1.39. The lowest BCUT2D eigenvalue weighted by atomic mass is 9.94. The number of aliphatic hydroxyl groups is 1. The quantitative estimate of drug-likeness (QED) is 0.748. The number of ether oxygens (including phenoxy) is 3. The molecule has 1 aliphatic rings. The molecule has 1 aliphatic heterocycles. The number of hydrogen-bond donors (Lipinski definition) is 1. The summed E-state index contributed by atoms with van der Waals surface area (Å²) in [6.07, 6.45) is 0.807. The first-order chi connectivity index (χ1) is 12.8. The molecule has 0 aliphatic carbocycles. The number of piperazine rings is 1. The molecule has 0 aromatic heterocycles. The van der Waals surface area contributed by atoms with Crippen molar-refractivity contribution in [3.8, 4) is 17.2 Å². The van der Waals surface area contributed by atoms with Gasteiger partial charge in [0.25, 0.3) is 0 Å². The van der Waals surface area contributed by atoms with Gasteiger partial charge in [-0.3, -0.25) is 9.80 Å². The van der Waals surface area contributed by atoms with E-state index in [0.29, 0.717) is 23.3 Å². The summed E-state index contributed by atoms with van der Waals surface area (Å²) >= 11 is 0. The highest BCUT2D eigenvalue weighted by Crippen LogP contribution is 2.38. The molecule has 0 unspecified atom stereocenters. The van der Waals surface area contributed by atoms with Crippen molar-refractivity contribution in [1.82, 2.24) is 9.80 Å². The van der Waals surface area contributed by atoms with Gasteiger partial charge in [0.15, 0.2) is 11.5 Å². The predicted octanol–water partition coefficient (Wildman–Crippen LogP) is 2.63. The molecule has 1 saturated heterocycles. The van der Waals surface area contributed by atoms with E-state index < -0.39 is 0 Å². The molecule has 27 heavy (non-hydrogen) atoms. The van der Waals surface area contributed by atoms with Crippen LogP contribution in [0.1, 0.15) is 32.8 Å². The Morgan fingerprint density at radius 1 is 1.04 bits per heavy atom. The van der Waals surface area contributed by atoms with Crippen molar-refractivity contribution < 1.29 is 19.3 Å². The van der Waals surface area contributed by atoms with Crippen LogP contribution < -0.4 is 14.2 Å². The summed E-state index contributed by atoms with van der Waals surface area (Å²) < 4.78 is 16.4. The van der Waals surface area contributed by atoms with Gasteiger partial charge in [-0.2, -0.15) is 0 Å². The molecule has 0 spiro atoms. The second-order valence-corrected chi connectivity index (χ2v) is 8.47. The molecule has 1 aromatic rings. The minimum Gasteiger partial charge on any atom is -0.493 e. The minimum atomic E-state index is 0.226. The number of hydrogen-bond acceptors (Lipinski definition) is 6. The van der Waals surface area contributed by atoms with Crippen LogP contribution in [0.25, 0.3) is 0 Å². The molecule has 1 N–H and O–H groups in total.